The number of nitrogens with two attached hydrogens (primary N) is 2. The molecule has 0 unspecified atom stereocenters. The number of hydrogen-bond donors (Lipinski definition) is 2. The molecule has 0 radical (unpaired) electrons. The van der Waals surface area contributed by atoms with Gasteiger partial charge in [0.1, 0.15) is 27.7 Å². The second-order valence-corrected chi connectivity index (χ2v) is 11.0. The van der Waals surface area contributed by atoms with Crippen molar-refractivity contribution in [2.24, 2.45) is 0 Å². The first kappa shape index (κ1) is 22.8. The van der Waals surface area contributed by atoms with E-state index in [-0.39, 0.29) is 5.75 Å². The van der Waals surface area contributed by atoms with Crippen LogP contribution in [-0.2, 0) is 14.6 Å². The van der Waals surface area contributed by atoms with Gasteiger partial charge in [-0.25, -0.2) is 8.42 Å². The topological polar surface area (TPSA) is 105 Å². The number of rotatable bonds is 6. The molecule has 4 aromatic rings. The van der Waals surface area contributed by atoms with Gasteiger partial charge in [0.15, 0.2) is 9.84 Å². The predicted molar refractivity (Wildman–Crippen MR) is 139 cm³/mol. The van der Waals surface area contributed by atoms with Crippen molar-refractivity contribution in [2.45, 2.75) is 17.6 Å². The number of sulfone groups is 1. The normalized spacial score (nSPS) is 16.0. The molecule has 1 saturated heterocycles. The van der Waals surface area contributed by atoms with E-state index in [0.717, 1.165) is 0 Å². The van der Waals surface area contributed by atoms with E-state index >= 15 is 0 Å². The number of anilines is 2. The van der Waals surface area contributed by atoms with Crippen LogP contribution in [0.5, 0.6) is 23.0 Å². The maximum absolute atomic E-state index is 13.6. The molecule has 0 aromatic heterocycles. The molecule has 5 rings (SSSR count). The van der Waals surface area contributed by atoms with Crippen molar-refractivity contribution in [3.05, 3.63) is 108 Å². The van der Waals surface area contributed by atoms with Crippen molar-refractivity contribution in [1.29, 1.82) is 0 Å². The summed E-state index contributed by atoms with van der Waals surface area (Å²) in [5.74, 6) is 2.49. The summed E-state index contributed by atoms with van der Waals surface area (Å²) in [7, 11) is -3.49. The second kappa shape index (κ2) is 9.00. The van der Waals surface area contributed by atoms with Crippen LogP contribution >= 0.6 is 0 Å². The standard InChI is InChI=1S/C28H26N2O4S/c29-22-8-12-24(13-9-22)33-26-6-1-4-20(18-26)28(16-3-17-35(28,31)32)21-5-2-7-27(19-21)34-25-14-10-23(30)11-15-25/h1-2,4-15,18-19H,3,16-17,29-30H2. The second-order valence-electron chi connectivity index (χ2n) is 8.65. The molecule has 7 heteroatoms. The van der Waals surface area contributed by atoms with Gasteiger partial charge in [-0.1, -0.05) is 24.3 Å². The van der Waals surface area contributed by atoms with Crippen molar-refractivity contribution in [3.8, 4) is 23.0 Å². The van der Waals surface area contributed by atoms with Gasteiger partial charge in [0.05, 0.1) is 5.75 Å². The number of hydrogen-bond acceptors (Lipinski definition) is 6. The van der Waals surface area contributed by atoms with E-state index in [1.165, 1.54) is 0 Å². The summed E-state index contributed by atoms with van der Waals surface area (Å²) in [5.41, 5.74) is 14.2. The molecular formula is C28H26N2O4S. The van der Waals surface area contributed by atoms with E-state index in [1.807, 2.05) is 48.5 Å². The van der Waals surface area contributed by atoms with Crippen LogP contribution in [0.4, 0.5) is 11.4 Å². The third-order valence-corrected chi connectivity index (χ3v) is 8.87. The number of nitrogen functional groups attached to an aromatic ring is 2. The highest BCUT2D eigenvalue weighted by atomic mass is 32.2. The van der Waals surface area contributed by atoms with Crippen molar-refractivity contribution in [3.63, 3.8) is 0 Å². The number of ether oxygens (including phenoxy) is 2. The molecule has 4 N–H and O–H groups in total. The lowest BCUT2D eigenvalue weighted by atomic mass is 9.86. The van der Waals surface area contributed by atoms with Gasteiger partial charge in [0.25, 0.3) is 0 Å². The molecule has 1 aliphatic heterocycles. The Morgan fingerprint density at radius 3 is 1.49 bits per heavy atom. The van der Waals surface area contributed by atoms with Gasteiger partial charge in [-0.05, 0) is 96.8 Å². The van der Waals surface area contributed by atoms with Gasteiger partial charge >= 0.3 is 0 Å². The average Bonchev–Trinajstić information content (AvgIpc) is 3.18. The summed E-state index contributed by atoms with van der Waals surface area (Å²) < 4.78 is 38.0. The van der Waals surface area contributed by atoms with E-state index in [9.17, 15) is 8.42 Å². The SMILES string of the molecule is Nc1ccc(Oc2cccc(C3(c4cccc(Oc5ccc(N)cc5)c4)CCCS3(=O)=O)c2)cc1. The van der Waals surface area contributed by atoms with E-state index < -0.39 is 14.6 Å². The van der Waals surface area contributed by atoms with Crippen LogP contribution in [0.1, 0.15) is 24.0 Å². The van der Waals surface area contributed by atoms with E-state index in [2.05, 4.69) is 0 Å². The Morgan fingerprint density at radius 2 is 1.09 bits per heavy atom. The molecule has 0 saturated carbocycles. The van der Waals surface area contributed by atoms with Gasteiger partial charge in [-0.3, -0.25) is 0 Å². The van der Waals surface area contributed by atoms with Crippen LogP contribution in [0.25, 0.3) is 0 Å². The zero-order chi connectivity index (χ0) is 24.5. The van der Waals surface area contributed by atoms with Crippen LogP contribution in [0.2, 0.25) is 0 Å². The average molecular weight is 487 g/mol. The molecule has 0 amide bonds. The summed E-state index contributed by atoms with van der Waals surface area (Å²) in [4.78, 5) is 0. The van der Waals surface area contributed by atoms with Gasteiger partial charge in [0.2, 0.25) is 0 Å². The molecule has 0 spiro atoms. The molecule has 0 bridgehead atoms. The summed E-state index contributed by atoms with van der Waals surface area (Å²) in [5, 5.41) is 0. The summed E-state index contributed by atoms with van der Waals surface area (Å²) in [6.45, 7) is 0. The van der Waals surface area contributed by atoms with Gasteiger partial charge < -0.3 is 20.9 Å². The Hall–Kier alpha value is -3.97. The minimum Gasteiger partial charge on any atom is -0.457 e. The van der Waals surface area contributed by atoms with Crippen molar-refractivity contribution in [1.82, 2.24) is 0 Å². The molecule has 4 aromatic carbocycles. The van der Waals surface area contributed by atoms with Crippen LogP contribution in [0.3, 0.4) is 0 Å². The molecule has 35 heavy (non-hydrogen) atoms. The van der Waals surface area contributed by atoms with Crippen LogP contribution < -0.4 is 20.9 Å². The highest BCUT2D eigenvalue weighted by Gasteiger charge is 2.50. The third-order valence-electron chi connectivity index (χ3n) is 6.31. The maximum atomic E-state index is 13.6. The summed E-state index contributed by atoms with van der Waals surface area (Å²) in [6.07, 6.45) is 1.06. The number of benzene rings is 4. The van der Waals surface area contributed by atoms with E-state index in [4.69, 9.17) is 20.9 Å². The zero-order valence-corrected chi connectivity index (χ0v) is 19.9. The molecule has 6 nitrogen and oxygen atoms in total. The van der Waals surface area contributed by atoms with Gasteiger partial charge in [-0.15, -0.1) is 0 Å². The quantitative estimate of drug-likeness (QED) is 0.329. The Kier molecular flexibility index (Phi) is 5.86. The summed E-state index contributed by atoms with van der Waals surface area (Å²) >= 11 is 0. The monoisotopic (exact) mass is 486 g/mol. The van der Waals surface area contributed by atoms with Gasteiger partial charge in [-0.2, -0.15) is 0 Å². The molecule has 0 aliphatic carbocycles. The zero-order valence-electron chi connectivity index (χ0n) is 19.1. The Morgan fingerprint density at radius 1 is 0.629 bits per heavy atom. The van der Waals surface area contributed by atoms with E-state index in [1.54, 1.807) is 48.5 Å². The van der Waals surface area contributed by atoms with E-state index in [0.29, 0.717) is 58.3 Å². The lowest BCUT2D eigenvalue weighted by Gasteiger charge is -2.30. The minimum absolute atomic E-state index is 0.124. The molecular weight excluding hydrogens is 460 g/mol. The van der Waals surface area contributed by atoms with Crippen LogP contribution in [0, 0.1) is 0 Å². The fourth-order valence-electron chi connectivity index (χ4n) is 4.62. The molecule has 1 heterocycles. The maximum Gasteiger partial charge on any atom is 0.164 e. The lowest BCUT2D eigenvalue weighted by molar-refractivity contribution is 0.478. The molecule has 1 fully saturated rings. The lowest BCUT2D eigenvalue weighted by Crippen LogP contribution is -2.33. The van der Waals surface area contributed by atoms with Crippen molar-refractivity contribution >= 4 is 21.2 Å². The van der Waals surface area contributed by atoms with Gasteiger partial charge in [0, 0.05) is 11.4 Å². The first-order valence-corrected chi connectivity index (χ1v) is 13.0. The largest absolute Gasteiger partial charge is 0.457 e. The Bertz CT molecular complexity index is 1360. The van der Waals surface area contributed by atoms with Crippen molar-refractivity contribution < 1.29 is 17.9 Å². The summed E-state index contributed by atoms with van der Waals surface area (Å²) in [6, 6.07) is 28.8. The minimum atomic E-state index is -3.49. The molecule has 1 aliphatic rings. The Labute approximate surface area is 205 Å². The van der Waals surface area contributed by atoms with Crippen molar-refractivity contribution in [2.75, 3.05) is 17.2 Å². The van der Waals surface area contributed by atoms with Crippen LogP contribution in [-0.4, -0.2) is 14.2 Å². The fraction of sp³-hybridized carbons (Fsp3) is 0.143. The molecule has 178 valence electrons. The first-order chi connectivity index (χ1) is 16.9. The molecule has 0 atom stereocenters. The fourth-order valence-corrected chi connectivity index (χ4v) is 6.92. The van der Waals surface area contributed by atoms with Crippen LogP contribution in [0.15, 0.2) is 97.1 Å². The smallest absolute Gasteiger partial charge is 0.164 e. The third kappa shape index (κ3) is 4.42. The predicted octanol–water partition coefficient (Wildman–Crippen LogP) is 5.89. The highest BCUT2D eigenvalue weighted by Crippen LogP contribution is 2.48. The Balaban J connectivity index is 1.54. The highest BCUT2D eigenvalue weighted by molar-refractivity contribution is 7.92. The first-order valence-electron chi connectivity index (χ1n) is 11.4.